The monoisotopic (exact) mass is 334 g/mol. The number of pyridine rings is 1. The number of amides is 1. The van der Waals surface area contributed by atoms with Crippen molar-refractivity contribution in [2.24, 2.45) is 0 Å². The number of carbonyl (C=O) groups excluding carboxylic acids is 1. The minimum atomic E-state index is 0.0192. The van der Waals surface area contributed by atoms with Crippen LogP contribution in [0.4, 0.5) is 5.69 Å². The van der Waals surface area contributed by atoms with E-state index in [0.29, 0.717) is 5.69 Å². The first-order chi connectivity index (χ1) is 12.1. The summed E-state index contributed by atoms with van der Waals surface area (Å²) in [5.74, 6) is 0.0192. The molecule has 0 atom stereocenters. The van der Waals surface area contributed by atoms with E-state index in [2.05, 4.69) is 41.1 Å². The van der Waals surface area contributed by atoms with E-state index in [1.165, 1.54) is 11.3 Å². The third-order valence-electron chi connectivity index (χ3n) is 4.84. The van der Waals surface area contributed by atoms with Crippen LogP contribution in [0.2, 0.25) is 0 Å². The molecular formula is C20H22N4O. The molecule has 128 valence electrons. The summed E-state index contributed by atoms with van der Waals surface area (Å²) in [5, 5.41) is 0. The van der Waals surface area contributed by atoms with Crippen LogP contribution in [0.1, 0.15) is 21.6 Å². The normalized spacial score (nSPS) is 15.0. The van der Waals surface area contributed by atoms with Crippen molar-refractivity contribution >= 4 is 17.2 Å². The lowest BCUT2D eigenvalue weighted by Crippen LogP contribution is -2.49. The van der Waals surface area contributed by atoms with Gasteiger partial charge in [-0.05, 0) is 37.1 Å². The number of fused-ring (bicyclic) bond motifs is 1. The lowest BCUT2D eigenvalue weighted by molar-refractivity contribution is 0.0741. The number of rotatable bonds is 2. The molecule has 5 nitrogen and oxygen atoms in total. The van der Waals surface area contributed by atoms with E-state index in [4.69, 9.17) is 0 Å². The van der Waals surface area contributed by atoms with E-state index < -0.39 is 0 Å². The van der Waals surface area contributed by atoms with Crippen LogP contribution in [0.15, 0.2) is 48.8 Å². The highest BCUT2D eigenvalue weighted by Crippen LogP contribution is 2.21. The third-order valence-corrected chi connectivity index (χ3v) is 4.84. The Morgan fingerprint density at radius 3 is 2.48 bits per heavy atom. The van der Waals surface area contributed by atoms with Crippen molar-refractivity contribution in [1.29, 1.82) is 0 Å². The predicted octanol–water partition coefficient (Wildman–Crippen LogP) is 2.91. The fraction of sp³-hybridized carbons (Fsp3) is 0.300. The lowest BCUT2D eigenvalue weighted by atomic mass is 10.1. The first-order valence-corrected chi connectivity index (χ1v) is 8.67. The number of anilines is 1. The molecule has 1 aliphatic heterocycles. The molecule has 0 aliphatic carbocycles. The second-order valence-corrected chi connectivity index (χ2v) is 6.66. The van der Waals surface area contributed by atoms with Gasteiger partial charge in [-0.3, -0.25) is 4.79 Å². The van der Waals surface area contributed by atoms with E-state index in [0.717, 1.165) is 37.4 Å². The zero-order valence-corrected chi connectivity index (χ0v) is 14.6. The summed E-state index contributed by atoms with van der Waals surface area (Å²) < 4.78 is 1.92. The highest BCUT2D eigenvalue weighted by Gasteiger charge is 2.24. The molecule has 0 N–H and O–H groups in total. The topological polar surface area (TPSA) is 40.9 Å². The third kappa shape index (κ3) is 2.97. The molecule has 1 aliphatic rings. The Balaban J connectivity index is 1.48. The van der Waals surface area contributed by atoms with Gasteiger partial charge in [0.25, 0.3) is 5.91 Å². The number of nitrogens with zero attached hydrogens (tertiary/aromatic N) is 4. The summed E-state index contributed by atoms with van der Waals surface area (Å²) in [7, 11) is 0. The number of piperazine rings is 1. The fourth-order valence-electron chi connectivity index (χ4n) is 3.44. The Morgan fingerprint density at radius 1 is 0.960 bits per heavy atom. The van der Waals surface area contributed by atoms with Crippen LogP contribution in [-0.2, 0) is 0 Å². The molecule has 0 bridgehead atoms. The van der Waals surface area contributed by atoms with Crippen LogP contribution in [0.5, 0.6) is 0 Å². The Kier molecular flexibility index (Phi) is 3.92. The standard InChI is InChI=1S/C20H22N4O/c1-15-7-8-19-21-17(14-24(19)13-15)20(25)23-11-9-22(10-12-23)18-6-4-3-5-16(18)2/h3-8,13-14H,9-12H2,1-2H3. The molecule has 3 aromatic rings. The van der Waals surface area contributed by atoms with E-state index in [9.17, 15) is 4.79 Å². The van der Waals surface area contributed by atoms with Gasteiger partial charge in [0.15, 0.2) is 0 Å². The maximum Gasteiger partial charge on any atom is 0.274 e. The molecule has 25 heavy (non-hydrogen) atoms. The van der Waals surface area contributed by atoms with Gasteiger partial charge in [0.1, 0.15) is 11.3 Å². The Morgan fingerprint density at radius 2 is 1.72 bits per heavy atom. The van der Waals surface area contributed by atoms with Crippen molar-refractivity contribution in [2.75, 3.05) is 31.1 Å². The molecule has 3 heterocycles. The predicted molar refractivity (Wildman–Crippen MR) is 99.2 cm³/mol. The maximum absolute atomic E-state index is 12.8. The first-order valence-electron chi connectivity index (χ1n) is 8.67. The van der Waals surface area contributed by atoms with Crippen LogP contribution < -0.4 is 4.90 Å². The van der Waals surface area contributed by atoms with Gasteiger partial charge in [0.05, 0.1) is 0 Å². The van der Waals surface area contributed by atoms with Crippen molar-refractivity contribution < 1.29 is 4.79 Å². The summed E-state index contributed by atoms with van der Waals surface area (Å²) in [6, 6.07) is 12.4. The fourth-order valence-corrected chi connectivity index (χ4v) is 3.44. The lowest BCUT2D eigenvalue weighted by Gasteiger charge is -2.36. The molecule has 1 saturated heterocycles. The second-order valence-electron chi connectivity index (χ2n) is 6.66. The smallest absolute Gasteiger partial charge is 0.274 e. The zero-order valence-electron chi connectivity index (χ0n) is 14.6. The molecular weight excluding hydrogens is 312 g/mol. The highest BCUT2D eigenvalue weighted by molar-refractivity contribution is 5.93. The Bertz CT molecular complexity index is 922. The van der Waals surface area contributed by atoms with Crippen molar-refractivity contribution in [3.05, 3.63) is 65.6 Å². The number of hydrogen-bond donors (Lipinski definition) is 0. The minimum Gasteiger partial charge on any atom is -0.368 e. The summed E-state index contributed by atoms with van der Waals surface area (Å²) in [5.41, 5.74) is 5.02. The number of aromatic nitrogens is 2. The molecule has 1 amide bonds. The molecule has 0 saturated carbocycles. The minimum absolute atomic E-state index is 0.0192. The van der Waals surface area contributed by atoms with Crippen molar-refractivity contribution in [3.8, 4) is 0 Å². The van der Waals surface area contributed by atoms with Gasteiger partial charge in [-0.15, -0.1) is 0 Å². The van der Waals surface area contributed by atoms with Crippen LogP contribution in [0, 0.1) is 13.8 Å². The summed E-state index contributed by atoms with van der Waals surface area (Å²) in [6.07, 6.45) is 3.83. The van der Waals surface area contributed by atoms with Crippen LogP contribution in [0.3, 0.4) is 0 Å². The van der Waals surface area contributed by atoms with E-state index in [1.807, 2.05) is 40.8 Å². The van der Waals surface area contributed by atoms with Gasteiger partial charge >= 0.3 is 0 Å². The van der Waals surface area contributed by atoms with Gasteiger partial charge in [0.2, 0.25) is 0 Å². The van der Waals surface area contributed by atoms with E-state index in [-0.39, 0.29) is 5.91 Å². The molecule has 0 radical (unpaired) electrons. The van der Waals surface area contributed by atoms with E-state index in [1.54, 1.807) is 0 Å². The molecule has 0 unspecified atom stereocenters. The number of benzene rings is 1. The summed E-state index contributed by atoms with van der Waals surface area (Å²) in [4.78, 5) is 21.5. The number of aryl methyl sites for hydroxylation is 2. The summed E-state index contributed by atoms with van der Waals surface area (Å²) >= 11 is 0. The first kappa shape index (κ1) is 15.7. The maximum atomic E-state index is 12.8. The molecule has 4 rings (SSSR count). The van der Waals surface area contributed by atoms with Crippen molar-refractivity contribution in [1.82, 2.24) is 14.3 Å². The number of para-hydroxylation sites is 1. The zero-order chi connectivity index (χ0) is 17.4. The molecule has 1 fully saturated rings. The molecule has 5 heteroatoms. The van der Waals surface area contributed by atoms with Gasteiger partial charge < -0.3 is 14.2 Å². The largest absolute Gasteiger partial charge is 0.368 e. The van der Waals surface area contributed by atoms with Crippen molar-refractivity contribution in [3.63, 3.8) is 0 Å². The van der Waals surface area contributed by atoms with Crippen LogP contribution in [-0.4, -0.2) is 46.4 Å². The Hall–Kier alpha value is -2.82. The molecule has 2 aromatic heterocycles. The number of imidazole rings is 1. The number of hydrogen-bond acceptors (Lipinski definition) is 3. The second kappa shape index (κ2) is 6.24. The quantitative estimate of drug-likeness (QED) is 0.723. The SMILES string of the molecule is Cc1ccc2nc(C(=O)N3CCN(c4ccccc4C)CC3)cn2c1. The highest BCUT2D eigenvalue weighted by atomic mass is 16.2. The summed E-state index contributed by atoms with van der Waals surface area (Å²) in [6.45, 7) is 7.31. The van der Waals surface area contributed by atoms with Crippen molar-refractivity contribution in [2.45, 2.75) is 13.8 Å². The molecule has 1 aromatic carbocycles. The van der Waals surface area contributed by atoms with Gasteiger partial charge in [0, 0.05) is 44.3 Å². The van der Waals surface area contributed by atoms with Gasteiger partial charge in [-0.1, -0.05) is 24.3 Å². The van der Waals surface area contributed by atoms with Crippen LogP contribution in [0.25, 0.3) is 5.65 Å². The number of carbonyl (C=O) groups is 1. The average molecular weight is 334 g/mol. The molecule has 0 spiro atoms. The van der Waals surface area contributed by atoms with Gasteiger partial charge in [-0.2, -0.15) is 0 Å². The van der Waals surface area contributed by atoms with Crippen LogP contribution >= 0.6 is 0 Å². The Labute approximate surface area is 147 Å². The van der Waals surface area contributed by atoms with Gasteiger partial charge in [-0.25, -0.2) is 4.98 Å². The van der Waals surface area contributed by atoms with E-state index >= 15 is 0 Å². The average Bonchev–Trinajstić information content (AvgIpc) is 3.05.